The van der Waals surface area contributed by atoms with Crippen molar-refractivity contribution in [2.45, 2.75) is 19.0 Å². The fourth-order valence-corrected chi connectivity index (χ4v) is 1.26. The van der Waals surface area contributed by atoms with Gasteiger partial charge in [-0.2, -0.15) is 18.2 Å². The lowest BCUT2D eigenvalue weighted by atomic mass is 10.3. The quantitative estimate of drug-likeness (QED) is 0.799. The number of methoxy groups -OCH3 is 1. The zero-order chi connectivity index (χ0) is 13.6. The molecule has 0 amide bonds. The van der Waals surface area contributed by atoms with Gasteiger partial charge in [0.15, 0.2) is 5.82 Å². The van der Waals surface area contributed by atoms with Gasteiger partial charge < -0.3 is 14.8 Å². The zero-order valence-electron chi connectivity index (χ0n) is 10.0. The van der Waals surface area contributed by atoms with E-state index in [0.29, 0.717) is 5.82 Å². The number of aromatic nitrogens is 2. The average Bonchev–Trinajstić information content (AvgIpc) is 2.32. The van der Waals surface area contributed by atoms with E-state index >= 15 is 0 Å². The summed E-state index contributed by atoms with van der Waals surface area (Å²) in [7, 11) is 3.04. The van der Waals surface area contributed by atoms with Crippen molar-refractivity contribution in [3.05, 3.63) is 6.33 Å². The van der Waals surface area contributed by atoms with Gasteiger partial charge in [-0.3, -0.25) is 0 Å². The zero-order valence-corrected chi connectivity index (χ0v) is 10.0. The van der Waals surface area contributed by atoms with Crippen LogP contribution in [0.15, 0.2) is 6.33 Å². The molecule has 0 saturated carbocycles. The van der Waals surface area contributed by atoms with Gasteiger partial charge in [-0.25, -0.2) is 4.98 Å². The molecule has 5 nitrogen and oxygen atoms in total. The van der Waals surface area contributed by atoms with E-state index < -0.39 is 12.6 Å². The molecule has 0 saturated heterocycles. The van der Waals surface area contributed by atoms with Crippen LogP contribution in [0.5, 0.6) is 11.6 Å². The topological polar surface area (TPSA) is 56.3 Å². The number of alkyl halides is 3. The van der Waals surface area contributed by atoms with Crippen LogP contribution in [0, 0.1) is 0 Å². The second kappa shape index (κ2) is 6.27. The highest BCUT2D eigenvalue weighted by molar-refractivity contribution is 5.54. The van der Waals surface area contributed by atoms with E-state index in [0.717, 1.165) is 0 Å². The lowest BCUT2D eigenvalue weighted by Crippen LogP contribution is -2.10. The Kier molecular flexibility index (Phi) is 4.99. The van der Waals surface area contributed by atoms with Crippen molar-refractivity contribution in [3.63, 3.8) is 0 Å². The minimum absolute atomic E-state index is 0.0873. The Hall–Kier alpha value is -1.73. The molecule has 0 radical (unpaired) electrons. The molecule has 0 aliphatic heterocycles. The van der Waals surface area contributed by atoms with Gasteiger partial charge in [0.25, 0.3) is 5.88 Å². The van der Waals surface area contributed by atoms with Gasteiger partial charge in [-0.15, -0.1) is 0 Å². The Morgan fingerprint density at radius 2 is 2.06 bits per heavy atom. The van der Waals surface area contributed by atoms with Crippen LogP contribution in [0.25, 0.3) is 0 Å². The molecule has 0 aliphatic rings. The van der Waals surface area contributed by atoms with Crippen LogP contribution in [0.3, 0.4) is 0 Å². The summed E-state index contributed by atoms with van der Waals surface area (Å²) in [5.41, 5.74) is 0. The van der Waals surface area contributed by atoms with Gasteiger partial charge in [-0.05, 0) is 6.42 Å². The first-order valence-corrected chi connectivity index (χ1v) is 5.24. The van der Waals surface area contributed by atoms with Crippen molar-refractivity contribution in [2.24, 2.45) is 0 Å². The highest BCUT2D eigenvalue weighted by Crippen LogP contribution is 2.30. The van der Waals surface area contributed by atoms with Crippen molar-refractivity contribution in [1.29, 1.82) is 0 Å². The molecule has 102 valence electrons. The van der Waals surface area contributed by atoms with Crippen molar-refractivity contribution in [3.8, 4) is 11.6 Å². The predicted molar refractivity (Wildman–Crippen MR) is 58.9 cm³/mol. The highest BCUT2D eigenvalue weighted by atomic mass is 19.4. The molecule has 1 N–H and O–H groups in total. The summed E-state index contributed by atoms with van der Waals surface area (Å²) in [6.45, 7) is -0.0873. The number of halogens is 3. The van der Waals surface area contributed by atoms with Crippen LogP contribution >= 0.6 is 0 Å². The van der Waals surface area contributed by atoms with Crippen molar-refractivity contribution in [2.75, 3.05) is 26.1 Å². The maximum Gasteiger partial charge on any atom is 0.389 e. The van der Waals surface area contributed by atoms with E-state index in [2.05, 4.69) is 15.3 Å². The molecular formula is C10H14F3N3O2. The molecule has 0 bridgehead atoms. The minimum Gasteiger partial charge on any atom is -0.489 e. The van der Waals surface area contributed by atoms with Crippen LogP contribution in [-0.2, 0) is 0 Å². The summed E-state index contributed by atoms with van der Waals surface area (Å²) >= 11 is 0. The fourth-order valence-electron chi connectivity index (χ4n) is 1.26. The SMILES string of the molecule is CNc1ncnc(OCCCC(F)(F)F)c1OC. The second-order valence-corrected chi connectivity index (χ2v) is 3.38. The molecule has 0 fully saturated rings. The molecule has 0 spiro atoms. The molecule has 1 rings (SSSR count). The molecule has 0 atom stereocenters. The minimum atomic E-state index is -4.17. The Morgan fingerprint density at radius 3 is 2.61 bits per heavy atom. The summed E-state index contributed by atoms with van der Waals surface area (Å²) in [4.78, 5) is 7.70. The van der Waals surface area contributed by atoms with Crippen LogP contribution < -0.4 is 14.8 Å². The Bertz CT molecular complexity index is 385. The standard InChI is InChI=1S/C10H14F3N3O2/c1-14-8-7(17-2)9(16-6-15-8)18-5-3-4-10(11,12)13/h6H,3-5H2,1-2H3,(H,14,15,16). The Labute approximate surface area is 102 Å². The summed E-state index contributed by atoms with van der Waals surface area (Å²) in [6, 6.07) is 0. The van der Waals surface area contributed by atoms with Crippen molar-refractivity contribution < 1.29 is 22.6 Å². The molecule has 0 aliphatic carbocycles. The first-order valence-electron chi connectivity index (χ1n) is 5.24. The number of hydrogen-bond acceptors (Lipinski definition) is 5. The van der Waals surface area contributed by atoms with Crippen molar-refractivity contribution in [1.82, 2.24) is 9.97 Å². The van der Waals surface area contributed by atoms with Crippen LogP contribution in [0.4, 0.5) is 19.0 Å². The average molecular weight is 265 g/mol. The first-order chi connectivity index (χ1) is 8.48. The van der Waals surface area contributed by atoms with E-state index in [1.807, 2.05) is 0 Å². The van der Waals surface area contributed by atoms with Gasteiger partial charge in [-0.1, -0.05) is 0 Å². The van der Waals surface area contributed by atoms with Gasteiger partial charge in [0, 0.05) is 13.5 Å². The molecule has 8 heteroatoms. The lowest BCUT2D eigenvalue weighted by Gasteiger charge is -2.12. The maximum atomic E-state index is 11.9. The van der Waals surface area contributed by atoms with E-state index in [9.17, 15) is 13.2 Å². The van der Waals surface area contributed by atoms with E-state index in [1.165, 1.54) is 13.4 Å². The third kappa shape index (κ3) is 4.27. The number of nitrogens with one attached hydrogen (secondary N) is 1. The van der Waals surface area contributed by atoms with Gasteiger partial charge in [0.1, 0.15) is 6.33 Å². The molecular weight excluding hydrogens is 251 g/mol. The first kappa shape index (κ1) is 14.3. The Morgan fingerprint density at radius 1 is 1.33 bits per heavy atom. The van der Waals surface area contributed by atoms with Gasteiger partial charge in [0.2, 0.25) is 5.75 Å². The van der Waals surface area contributed by atoms with Crippen molar-refractivity contribution >= 4 is 5.82 Å². The molecule has 18 heavy (non-hydrogen) atoms. The van der Waals surface area contributed by atoms with E-state index in [-0.39, 0.29) is 24.7 Å². The predicted octanol–water partition coefficient (Wildman–Crippen LogP) is 2.25. The molecule has 0 aromatic carbocycles. The lowest BCUT2D eigenvalue weighted by molar-refractivity contribution is -0.136. The van der Waals surface area contributed by atoms with Crippen LogP contribution in [-0.4, -0.2) is 36.9 Å². The highest BCUT2D eigenvalue weighted by Gasteiger charge is 2.26. The summed E-state index contributed by atoms with van der Waals surface area (Å²) in [5.74, 6) is 0.810. The summed E-state index contributed by atoms with van der Waals surface area (Å²) in [5, 5.41) is 2.77. The molecule has 1 heterocycles. The largest absolute Gasteiger partial charge is 0.489 e. The van der Waals surface area contributed by atoms with Crippen LogP contribution in [0.1, 0.15) is 12.8 Å². The number of hydrogen-bond donors (Lipinski definition) is 1. The second-order valence-electron chi connectivity index (χ2n) is 3.38. The van der Waals surface area contributed by atoms with E-state index in [4.69, 9.17) is 9.47 Å². The molecule has 1 aromatic rings. The van der Waals surface area contributed by atoms with Crippen LogP contribution in [0.2, 0.25) is 0 Å². The fraction of sp³-hybridized carbons (Fsp3) is 0.600. The third-order valence-electron chi connectivity index (χ3n) is 2.06. The maximum absolute atomic E-state index is 11.9. The Balaban J connectivity index is 2.57. The summed E-state index contributed by atoms with van der Waals surface area (Å²) < 4.78 is 46.0. The number of nitrogens with zero attached hydrogens (tertiary/aromatic N) is 2. The number of anilines is 1. The number of ether oxygens (including phenoxy) is 2. The monoisotopic (exact) mass is 265 g/mol. The molecule has 0 unspecified atom stereocenters. The molecule has 1 aromatic heterocycles. The van der Waals surface area contributed by atoms with Gasteiger partial charge in [0.05, 0.1) is 13.7 Å². The number of rotatable bonds is 6. The van der Waals surface area contributed by atoms with E-state index in [1.54, 1.807) is 7.05 Å². The summed E-state index contributed by atoms with van der Waals surface area (Å²) in [6.07, 6.45) is -3.95. The third-order valence-corrected chi connectivity index (χ3v) is 2.06. The smallest absolute Gasteiger partial charge is 0.389 e. The van der Waals surface area contributed by atoms with Gasteiger partial charge >= 0.3 is 6.18 Å². The normalized spacial score (nSPS) is 11.2.